The van der Waals surface area contributed by atoms with Gasteiger partial charge in [-0.15, -0.1) is 0 Å². The van der Waals surface area contributed by atoms with Gasteiger partial charge in [0.1, 0.15) is 5.69 Å². The van der Waals surface area contributed by atoms with E-state index in [0.29, 0.717) is 12.4 Å². The van der Waals surface area contributed by atoms with Crippen molar-refractivity contribution >= 4 is 11.9 Å². The summed E-state index contributed by atoms with van der Waals surface area (Å²) in [5.74, 6) is -0.415. The second kappa shape index (κ2) is 5.36. The SMILES string of the molecule is O=C(O)C1CCCN(c2cc(-c3ccccc3)no2)C1. The molecule has 3 rings (SSSR count). The summed E-state index contributed by atoms with van der Waals surface area (Å²) in [4.78, 5) is 13.0. The Morgan fingerprint density at radius 3 is 2.90 bits per heavy atom. The zero-order valence-corrected chi connectivity index (χ0v) is 11.0. The number of hydrogen-bond acceptors (Lipinski definition) is 4. The lowest BCUT2D eigenvalue weighted by Crippen LogP contribution is -2.38. The summed E-state index contributed by atoms with van der Waals surface area (Å²) < 4.78 is 5.37. The van der Waals surface area contributed by atoms with E-state index < -0.39 is 5.97 Å². The number of aromatic nitrogens is 1. The van der Waals surface area contributed by atoms with Crippen molar-refractivity contribution in [2.75, 3.05) is 18.0 Å². The summed E-state index contributed by atoms with van der Waals surface area (Å²) in [6, 6.07) is 11.7. The van der Waals surface area contributed by atoms with Gasteiger partial charge in [0.05, 0.1) is 5.92 Å². The van der Waals surface area contributed by atoms with Gasteiger partial charge in [-0.25, -0.2) is 0 Å². The molecule has 0 spiro atoms. The maximum absolute atomic E-state index is 11.1. The molecule has 1 N–H and O–H groups in total. The molecule has 1 atom stereocenters. The summed E-state index contributed by atoms with van der Waals surface area (Å²) in [5.41, 5.74) is 1.77. The number of anilines is 1. The van der Waals surface area contributed by atoms with Crippen molar-refractivity contribution < 1.29 is 14.4 Å². The maximum Gasteiger partial charge on any atom is 0.308 e. The van der Waals surface area contributed by atoms with Crippen LogP contribution in [0.15, 0.2) is 40.9 Å². The third kappa shape index (κ3) is 2.52. The Morgan fingerprint density at radius 1 is 1.35 bits per heavy atom. The Hall–Kier alpha value is -2.30. The van der Waals surface area contributed by atoms with Crippen LogP contribution >= 0.6 is 0 Å². The van der Waals surface area contributed by atoms with Gasteiger partial charge in [-0.05, 0) is 12.8 Å². The quantitative estimate of drug-likeness (QED) is 0.930. The Balaban J connectivity index is 1.78. The van der Waals surface area contributed by atoms with Gasteiger partial charge >= 0.3 is 5.97 Å². The molecule has 20 heavy (non-hydrogen) atoms. The highest BCUT2D eigenvalue weighted by Gasteiger charge is 2.27. The monoisotopic (exact) mass is 272 g/mol. The number of rotatable bonds is 3. The average molecular weight is 272 g/mol. The van der Waals surface area contributed by atoms with E-state index in [9.17, 15) is 4.79 Å². The van der Waals surface area contributed by atoms with E-state index in [0.717, 1.165) is 30.6 Å². The number of hydrogen-bond donors (Lipinski definition) is 1. The number of nitrogens with zero attached hydrogens (tertiary/aromatic N) is 2. The minimum absolute atomic E-state index is 0.325. The van der Waals surface area contributed by atoms with Crippen LogP contribution in [0.5, 0.6) is 0 Å². The van der Waals surface area contributed by atoms with E-state index in [-0.39, 0.29) is 5.92 Å². The lowest BCUT2D eigenvalue weighted by atomic mass is 9.98. The molecule has 1 aromatic carbocycles. The molecule has 1 aliphatic heterocycles. The molecule has 1 fully saturated rings. The molecule has 5 nitrogen and oxygen atoms in total. The topological polar surface area (TPSA) is 66.6 Å². The first-order chi connectivity index (χ1) is 9.74. The van der Waals surface area contributed by atoms with Gasteiger partial charge in [0.2, 0.25) is 5.88 Å². The summed E-state index contributed by atoms with van der Waals surface area (Å²) in [7, 11) is 0. The summed E-state index contributed by atoms with van der Waals surface area (Å²) in [6.07, 6.45) is 1.59. The molecule has 104 valence electrons. The molecule has 0 saturated carbocycles. The van der Waals surface area contributed by atoms with Crippen molar-refractivity contribution in [2.45, 2.75) is 12.8 Å². The van der Waals surface area contributed by atoms with E-state index >= 15 is 0 Å². The van der Waals surface area contributed by atoms with Crippen LogP contribution in [0.4, 0.5) is 5.88 Å². The molecule has 1 aliphatic rings. The minimum Gasteiger partial charge on any atom is -0.481 e. The summed E-state index contributed by atoms with van der Waals surface area (Å²) >= 11 is 0. The Morgan fingerprint density at radius 2 is 2.15 bits per heavy atom. The van der Waals surface area contributed by atoms with E-state index in [2.05, 4.69) is 5.16 Å². The van der Waals surface area contributed by atoms with E-state index in [1.165, 1.54) is 0 Å². The molecule has 0 bridgehead atoms. The minimum atomic E-state index is -0.738. The standard InChI is InChI=1S/C15H16N2O3/c18-15(19)12-7-4-8-17(10-12)14-9-13(16-20-14)11-5-2-1-3-6-11/h1-3,5-6,9,12H,4,7-8,10H2,(H,18,19). The van der Waals surface area contributed by atoms with Gasteiger partial charge in [-0.3, -0.25) is 4.79 Å². The highest BCUT2D eigenvalue weighted by atomic mass is 16.5. The average Bonchev–Trinajstić information content (AvgIpc) is 2.98. The van der Waals surface area contributed by atoms with Crippen LogP contribution in [0.25, 0.3) is 11.3 Å². The van der Waals surface area contributed by atoms with Crippen molar-refractivity contribution in [3.8, 4) is 11.3 Å². The fourth-order valence-electron chi connectivity index (χ4n) is 2.54. The van der Waals surface area contributed by atoms with Gasteiger partial charge < -0.3 is 14.5 Å². The number of benzene rings is 1. The lowest BCUT2D eigenvalue weighted by molar-refractivity contribution is -0.141. The maximum atomic E-state index is 11.1. The molecule has 2 heterocycles. The fraction of sp³-hybridized carbons (Fsp3) is 0.333. The first kappa shape index (κ1) is 12.7. The second-order valence-corrected chi connectivity index (χ2v) is 5.04. The second-order valence-electron chi connectivity index (χ2n) is 5.04. The van der Waals surface area contributed by atoms with Crippen LogP contribution in [0.3, 0.4) is 0 Å². The van der Waals surface area contributed by atoms with Gasteiger partial charge in [0, 0.05) is 24.7 Å². The van der Waals surface area contributed by atoms with Gasteiger partial charge in [0.15, 0.2) is 0 Å². The fourth-order valence-corrected chi connectivity index (χ4v) is 2.54. The van der Waals surface area contributed by atoms with Crippen LogP contribution in [0.1, 0.15) is 12.8 Å². The zero-order valence-electron chi connectivity index (χ0n) is 11.0. The molecule has 5 heteroatoms. The molecule has 1 aromatic heterocycles. The van der Waals surface area contributed by atoms with Crippen molar-refractivity contribution in [1.29, 1.82) is 0 Å². The Bertz CT molecular complexity index is 594. The molecular formula is C15H16N2O3. The molecule has 0 amide bonds. The highest BCUT2D eigenvalue weighted by molar-refractivity contribution is 5.71. The smallest absolute Gasteiger partial charge is 0.308 e. The Labute approximate surface area is 116 Å². The van der Waals surface area contributed by atoms with Crippen molar-refractivity contribution in [1.82, 2.24) is 5.16 Å². The first-order valence-corrected chi connectivity index (χ1v) is 6.74. The molecule has 0 radical (unpaired) electrons. The van der Waals surface area contributed by atoms with Crippen LogP contribution in [-0.2, 0) is 4.79 Å². The normalized spacial score (nSPS) is 19.0. The van der Waals surface area contributed by atoms with Gasteiger partial charge in [-0.2, -0.15) is 0 Å². The number of carbonyl (C=O) groups is 1. The third-order valence-electron chi connectivity index (χ3n) is 3.65. The number of aliphatic carboxylic acids is 1. The van der Waals surface area contributed by atoms with Gasteiger partial charge in [0.25, 0.3) is 0 Å². The predicted octanol–water partition coefficient (Wildman–Crippen LogP) is 2.64. The number of carboxylic acid groups (broad SMARTS) is 1. The summed E-state index contributed by atoms with van der Waals surface area (Å²) in [6.45, 7) is 1.30. The summed E-state index contributed by atoms with van der Waals surface area (Å²) in [5, 5.41) is 13.2. The van der Waals surface area contributed by atoms with Crippen molar-refractivity contribution in [2.24, 2.45) is 5.92 Å². The molecule has 0 aliphatic carbocycles. The number of carboxylic acids is 1. The van der Waals surface area contributed by atoms with Gasteiger partial charge in [-0.1, -0.05) is 35.5 Å². The largest absolute Gasteiger partial charge is 0.481 e. The highest BCUT2D eigenvalue weighted by Crippen LogP contribution is 2.27. The van der Waals surface area contributed by atoms with E-state index in [1.54, 1.807) is 0 Å². The van der Waals surface area contributed by atoms with Crippen molar-refractivity contribution in [3.05, 3.63) is 36.4 Å². The molecular weight excluding hydrogens is 256 g/mol. The Kier molecular flexibility index (Phi) is 3.41. The molecule has 2 aromatic rings. The third-order valence-corrected chi connectivity index (χ3v) is 3.65. The zero-order chi connectivity index (χ0) is 13.9. The van der Waals surface area contributed by atoms with Crippen LogP contribution < -0.4 is 4.90 Å². The van der Waals surface area contributed by atoms with Crippen LogP contribution in [-0.4, -0.2) is 29.3 Å². The van der Waals surface area contributed by atoms with Crippen LogP contribution in [0.2, 0.25) is 0 Å². The predicted molar refractivity (Wildman–Crippen MR) is 74.5 cm³/mol. The van der Waals surface area contributed by atoms with Crippen molar-refractivity contribution in [3.63, 3.8) is 0 Å². The first-order valence-electron chi connectivity index (χ1n) is 6.74. The number of piperidine rings is 1. The van der Waals surface area contributed by atoms with Crippen LogP contribution in [0, 0.1) is 5.92 Å². The molecule has 1 saturated heterocycles. The lowest BCUT2D eigenvalue weighted by Gasteiger charge is -2.29. The van der Waals surface area contributed by atoms with E-state index in [4.69, 9.17) is 9.63 Å². The molecule has 1 unspecified atom stereocenters. The van der Waals surface area contributed by atoms with E-state index in [1.807, 2.05) is 41.3 Å².